The molecule has 0 saturated heterocycles. The van der Waals surface area contributed by atoms with Crippen LogP contribution in [0.15, 0.2) is 48.5 Å². The Labute approximate surface area is 126 Å². The van der Waals surface area contributed by atoms with Crippen LogP contribution in [0.3, 0.4) is 0 Å². The summed E-state index contributed by atoms with van der Waals surface area (Å²) in [5, 5.41) is 19.0. The Hall–Kier alpha value is -1.84. The van der Waals surface area contributed by atoms with Gasteiger partial charge in [0.1, 0.15) is 0 Å². The summed E-state index contributed by atoms with van der Waals surface area (Å²) in [5.41, 5.74) is 4.41. The van der Waals surface area contributed by atoms with E-state index in [1.165, 1.54) is 11.1 Å². The number of hydrogen-bond donors (Lipinski definition) is 2. The van der Waals surface area contributed by atoms with Gasteiger partial charge in [-0.05, 0) is 55.7 Å². The second-order valence-electron chi connectivity index (χ2n) is 5.40. The molecule has 1 unspecified atom stereocenters. The minimum Gasteiger partial charge on any atom is -0.396 e. The van der Waals surface area contributed by atoms with Crippen LogP contribution in [0.1, 0.15) is 17.5 Å². The first-order valence-corrected chi connectivity index (χ1v) is 7.30. The zero-order chi connectivity index (χ0) is 15.2. The molecule has 3 heteroatoms. The number of aliphatic hydroxyl groups is 2. The first kappa shape index (κ1) is 15.5. The van der Waals surface area contributed by atoms with Crippen molar-refractivity contribution in [2.24, 2.45) is 0 Å². The minimum absolute atomic E-state index is 0.00242. The molecule has 0 spiro atoms. The molecule has 0 aliphatic heterocycles. The van der Waals surface area contributed by atoms with Gasteiger partial charge in [0.25, 0.3) is 0 Å². The summed E-state index contributed by atoms with van der Waals surface area (Å²) in [6.07, 6.45) is 0.526. The fourth-order valence-electron chi connectivity index (χ4n) is 2.58. The maximum absolute atomic E-state index is 9.74. The van der Waals surface area contributed by atoms with E-state index in [4.69, 9.17) is 0 Å². The summed E-state index contributed by atoms with van der Waals surface area (Å²) in [5.74, 6) is 0. The molecule has 0 aromatic heterocycles. The van der Waals surface area contributed by atoms with Crippen LogP contribution in [0.4, 0.5) is 11.4 Å². The van der Waals surface area contributed by atoms with E-state index in [-0.39, 0.29) is 19.3 Å². The third kappa shape index (κ3) is 3.84. The zero-order valence-corrected chi connectivity index (χ0v) is 12.7. The average molecular weight is 285 g/mol. The molecule has 0 bridgehead atoms. The van der Waals surface area contributed by atoms with Gasteiger partial charge in [-0.2, -0.15) is 0 Å². The van der Waals surface area contributed by atoms with Crippen molar-refractivity contribution in [3.63, 3.8) is 0 Å². The van der Waals surface area contributed by atoms with Gasteiger partial charge >= 0.3 is 0 Å². The van der Waals surface area contributed by atoms with Crippen LogP contribution in [0.5, 0.6) is 0 Å². The van der Waals surface area contributed by atoms with Crippen molar-refractivity contribution in [3.05, 3.63) is 59.7 Å². The molecule has 0 saturated carbocycles. The van der Waals surface area contributed by atoms with Gasteiger partial charge in [-0.25, -0.2) is 0 Å². The maximum Gasteiger partial charge on any atom is 0.0640 e. The van der Waals surface area contributed by atoms with Crippen LogP contribution >= 0.6 is 0 Å². The van der Waals surface area contributed by atoms with Crippen molar-refractivity contribution >= 4 is 11.4 Å². The summed E-state index contributed by atoms with van der Waals surface area (Å²) < 4.78 is 0. The summed E-state index contributed by atoms with van der Waals surface area (Å²) >= 11 is 0. The number of rotatable bonds is 6. The van der Waals surface area contributed by atoms with Gasteiger partial charge in [-0.3, -0.25) is 0 Å². The lowest BCUT2D eigenvalue weighted by molar-refractivity contribution is 0.220. The quantitative estimate of drug-likeness (QED) is 0.856. The minimum atomic E-state index is -0.140. The monoisotopic (exact) mass is 285 g/mol. The molecule has 112 valence electrons. The van der Waals surface area contributed by atoms with Crippen LogP contribution in [0.2, 0.25) is 0 Å². The maximum atomic E-state index is 9.74. The molecule has 0 fully saturated rings. The molecule has 2 rings (SSSR count). The number of hydrogen-bond acceptors (Lipinski definition) is 3. The second kappa shape index (κ2) is 7.25. The van der Waals surface area contributed by atoms with Crippen molar-refractivity contribution in [2.45, 2.75) is 26.3 Å². The van der Waals surface area contributed by atoms with Gasteiger partial charge in [0.15, 0.2) is 0 Å². The smallest absolute Gasteiger partial charge is 0.0640 e. The fourth-order valence-corrected chi connectivity index (χ4v) is 2.58. The number of nitrogens with zero attached hydrogens (tertiary/aromatic N) is 1. The third-order valence-electron chi connectivity index (χ3n) is 3.60. The standard InChI is InChI=1S/C18H23NO2/c1-14-5-3-7-16(11-14)19(18(13-21)9-10-20)17-8-4-6-15(2)12-17/h3-8,11-12,18,20-21H,9-10,13H2,1-2H3. The SMILES string of the molecule is Cc1cccc(N(c2cccc(C)c2)C(CO)CCO)c1. The zero-order valence-electron chi connectivity index (χ0n) is 12.7. The highest BCUT2D eigenvalue weighted by molar-refractivity contribution is 5.65. The molecule has 3 nitrogen and oxygen atoms in total. The van der Waals surface area contributed by atoms with E-state index < -0.39 is 0 Å². The van der Waals surface area contributed by atoms with E-state index in [9.17, 15) is 10.2 Å². The molecule has 0 aliphatic rings. The number of aliphatic hydroxyl groups excluding tert-OH is 2. The number of benzene rings is 2. The molecule has 2 aromatic rings. The van der Waals surface area contributed by atoms with Crippen molar-refractivity contribution in [1.29, 1.82) is 0 Å². The molecule has 2 N–H and O–H groups in total. The van der Waals surface area contributed by atoms with E-state index in [1.807, 2.05) is 24.3 Å². The van der Waals surface area contributed by atoms with Crippen LogP contribution in [-0.2, 0) is 0 Å². The lowest BCUT2D eigenvalue weighted by Crippen LogP contribution is -2.35. The molecule has 2 aromatic carbocycles. The highest BCUT2D eigenvalue weighted by Crippen LogP contribution is 2.30. The van der Waals surface area contributed by atoms with Gasteiger partial charge in [0.2, 0.25) is 0 Å². The number of anilines is 2. The Balaban J connectivity index is 2.48. The first-order valence-electron chi connectivity index (χ1n) is 7.30. The van der Waals surface area contributed by atoms with Crippen LogP contribution in [-0.4, -0.2) is 29.5 Å². The summed E-state index contributed by atoms with van der Waals surface area (Å²) in [6, 6.07) is 16.3. The van der Waals surface area contributed by atoms with E-state index in [2.05, 4.69) is 43.0 Å². The predicted octanol–water partition coefficient (Wildman–Crippen LogP) is 3.18. The highest BCUT2D eigenvalue weighted by atomic mass is 16.3. The van der Waals surface area contributed by atoms with E-state index in [1.54, 1.807) is 0 Å². The normalized spacial score (nSPS) is 12.2. The van der Waals surface area contributed by atoms with Crippen molar-refractivity contribution in [2.75, 3.05) is 18.1 Å². The van der Waals surface area contributed by atoms with E-state index >= 15 is 0 Å². The Morgan fingerprint density at radius 1 is 0.905 bits per heavy atom. The van der Waals surface area contributed by atoms with Crippen LogP contribution in [0, 0.1) is 13.8 Å². The fraction of sp³-hybridized carbons (Fsp3) is 0.333. The van der Waals surface area contributed by atoms with E-state index in [0.717, 1.165) is 11.4 Å². The summed E-state index contributed by atoms with van der Waals surface area (Å²) in [7, 11) is 0. The average Bonchev–Trinajstić information content (AvgIpc) is 2.47. The van der Waals surface area contributed by atoms with Gasteiger partial charge < -0.3 is 15.1 Å². The predicted molar refractivity (Wildman–Crippen MR) is 87.1 cm³/mol. The van der Waals surface area contributed by atoms with Crippen LogP contribution in [0.25, 0.3) is 0 Å². The Bertz CT molecular complexity index is 537. The van der Waals surface area contributed by atoms with Crippen molar-refractivity contribution in [3.8, 4) is 0 Å². The highest BCUT2D eigenvalue weighted by Gasteiger charge is 2.20. The largest absolute Gasteiger partial charge is 0.396 e. The lowest BCUT2D eigenvalue weighted by atomic mass is 10.1. The lowest BCUT2D eigenvalue weighted by Gasteiger charge is -2.33. The van der Waals surface area contributed by atoms with Gasteiger partial charge in [0, 0.05) is 18.0 Å². The van der Waals surface area contributed by atoms with Gasteiger partial charge in [0.05, 0.1) is 12.6 Å². The Morgan fingerprint density at radius 3 is 1.81 bits per heavy atom. The molecular formula is C18H23NO2. The molecule has 0 aliphatic carbocycles. The van der Waals surface area contributed by atoms with Gasteiger partial charge in [-0.15, -0.1) is 0 Å². The second-order valence-corrected chi connectivity index (χ2v) is 5.40. The molecule has 0 radical (unpaired) electrons. The molecule has 1 atom stereocenters. The Morgan fingerprint density at radius 2 is 1.43 bits per heavy atom. The van der Waals surface area contributed by atoms with Crippen LogP contribution < -0.4 is 4.90 Å². The summed E-state index contributed by atoms with van der Waals surface area (Å²) in [4.78, 5) is 2.11. The number of aryl methyl sites for hydroxylation is 2. The molecular weight excluding hydrogens is 262 g/mol. The topological polar surface area (TPSA) is 43.7 Å². The molecule has 21 heavy (non-hydrogen) atoms. The van der Waals surface area contributed by atoms with E-state index in [0.29, 0.717) is 6.42 Å². The first-order chi connectivity index (χ1) is 10.2. The molecule has 0 heterocycles. The molecule has 0 amide bonds. The van der Waals surface area contributed by atoms with Crippen molar-refractivity contribution < 1.29 is 10.2 Å². The third-order valence-corrected chi connectivity index (χ3v) is 3.60. The van der Waals surface area contributed by atoms with Gasteiger partial charge in [-0.1, -0.05) is 24.3 Å². The Kier molecular flexibility index (Phi) is 5.37. The summed E-state index contributed by atoms with van der Waals surface area (Å²) in [6.45, 7) is 4.16. The van der Waals surface area contributed by atoms with Crippen molar-refractivity contribution in [1.82, 2.24) is 0 Å².